The zero-order valence-electron chi connectivity index (χ0n) is 9.93. The van der Waals surface area contributed by atoms with Crippen molar-refractivity contribution in [1.82, 2.24) is 0 Å². The summed E-state index contributed by atoms with van der Waals surface area (Å²) in [4.78, 5) is 13.9. The molecule has 0 fully saturated rings. The molecule has 18 heavy (non-hydrogen) atoms. The van der Waals surface area contributed by atoms with Crippen LogP contribution in [0.25, 0.3) is 0 Å². The van der Waals surface area contributed by atoms with Gasteiger partial charge in [0.05, 0.1) is 24.2 Å². The predicted octanol–water partition coefficient (Wildman–Crippen LogP) is 2.63. The van der Waals surface area contributed by atoms with Gasteiger partial charge in [-0.25, -0.2) is 0 Å². The van der Waals surface area contributed by atoms with Gasteiger partial charge in [0.15, 0.2) is 0 Å². The lowest BCUT2D eigenvalue weighted by Gasteiger charge is -2.21. The van der Waals surface area contributed by atoms with Crippen LogP contribution >= 0.6 is 0 Å². The number of fused-ring (bicyclic) bond motifs is 1. The second-order valence-corrected chi connectivity index (χ2v) is 4.25. The van der Waals surface area contributed by atoms with Crippen molar-refractivity contribution >= 4 is 17.3 Å². The lowest BCUT2D eigenvalue weighted by molar-refractivity contribution is -0.118. The number of anilines is 2. The summed E-state index contributed by atoms with van der Waals surface area (Å²) < 4.78 is 5.33. The summed E-state index contributed by atoms with van der Waals surface area (Å²) in [5.41, 5.74) is 1.91. The van der Waals surface area contributed by atoms with Gasteiger partial charge in [0.2, 0.25) is 5.91 Å². The van der Waals surface area contributed by atoms with E-state index in [1.165, 1.54) is 0 Å². The van der Waals surface area contributed by atoms with E-state index in [-0.39, 0.29) is 5.91 Å². The molecule has 4 heteroatoms. The molecule has 1 aliphatic heterocycles. The number of benzene rings is 1. The molecule has 1 N–H and O–H groups in total. The van der Waals surface area contributed by atoms with Gasteiger partial charge in [-0.15, -0.1) is 0 Å². The molecule has 2 heterocycles. The van der Waals surface area contributed by atoms with Gasteiger partial charge in [-0.3, -0.25) is 4.79 Å². The molecule has 92 valence electrons. The van der Waals surface area contributed by atoms with Crippen LogP contribution in [0.15, 0.2) is 47.1 Å². The number of nitrogens with one attached hydrogen (secondary N) is 1. The Kier molecular flexibility index (Phi) is 2.76. The number of hydrogen-bond donors (Lipinski definition) is 1. The summed E-state index contributed by atoms with van der Waals surface area (Å²) in [7, 11) is 0. The molecule has 1 amide bonds. The van der Waals surface area contributed by atoms with Gasteiger partial charge in [0.1, 0.15) is 5.76 Å². The number of para-hydroxylation sites is 2. The lowest BCUT2D eigenvalue weighted by Crippen LogP contribution is -2.29. The molecule has 0 atom stereocenters. The number of carbonyl (C=O) groups excluding carboxylic acids is 1. The van der Waals surface area contributed by atoms with Crippen LogP contribution in [0.4, 0.5) is 11.4 Å². The molecular formula is C14H14N2O2. The van der Waals surface area contributed by atoms with Crippen LogP contribution < -0.4 is 10.2 Å². The number of rotatable bonds is 2. The molecule has 0 bridgehead atoms. The largest absolute Gasteiger partial charge is 0.467 e. The van der Waals surface area contributed by atoms with E-state index in [1.807, 2.05) is 36.4 Å². The zero-order valence-corrected chi connectivity index (χ0v) is 9.93. The van der Waals surface area contributed by atoms with Crippen LogP contribution in [0, 0.1) is 0 Å². The maximum Gasteiger partial charge on any atom is 0.229 e. The number of furan rings is 1. The van der Waals surface area contributed by atoms with Gasteiger partial charge in [-0.2, -0.15) is 0 Å². The van der Waals surface area contributed by atoms with E-state index in [2.05, 4.69) is 5.32 Å². The van der Waals surface area contributed by atoms with Gasteiger partial charge in [-0.05, 0) is 24.3 Å². The van der Waals surface area contributed by atoms with E-state index in [4.69, 9.17) is 4.42 Å². The Morgan fingerprint density at radius 2 is 2.11 bits per heavy atom. The van der Waals surface area contributed by atoms with Crippen LogP contribution in [-0.4, -0.2) is 12.5 Å². The second-order valence-electron chi connectivity index (χ2n) is 4.25. The van der Waals surface area contributed by atoms with Crippen molar-refractivity contribution in [3.8, 4) is 0 Å². The third-order valence-electron chi connectivity index (χ3n) is 3.04. The fourth-order valence-corrected chi connectivity index (χ4v) is 2.16. The Morgan fingerprint density at radius 3 is 2.94 bits per heavy atom. The van der Waals surface area contributed by atoms with Crippen molar-refractivity contribution in [2.45, 2.75) is 13.0 Å². The molecule has 0 unspecified atom stereocenters. The number of hydrogen-bond acceptors (Lipinski definition) is 3. The molecule has 0 spiro atoms. The van der Waals surface area contributed by atoms with E-state index >= 15 is 0 Å². The minimum absolute atomic E-state index is 0.115. The van der Waals surface area contributed by atoms with Crippen molar-refractivity contribution < 1.29 is 9.21 Å². The lowest BCUT2D eigenvalue weighted by atomic mass is 10.2. The molecule has 0 aliphatic carbocycles. The average Bonchev–Trinajstić information content (AvgIpc) is 2.84. The van der Waals surface area contributed by atoms with E-state index in [0.717, 1.165) is 17.1 Å². The summed E-state index contributed by atoms with van der Waals surface area (Å²) in [5.74, 6) is 0.906. The molecule has 3 rings (SSSR count). The summed E-state index contributed by atoms with van der Waals surface area (Å²) in [6.45, 7) is 1.15. The molecule has 1 aromatic heterocycles. The fraction of sp³-hybridized carbons (Fsp3) is 0.214. The van der Waals surface area contributed by atoms with Gasteiger partial charge in [0, 0.05) is 13.0 Å². The molecule has 0 saturated heterocycles. The summed E-state index contributed by atoms with van der Waals surface area (Å²) in [6, 6.07) is 11.6. The van der Waals surface area contributed by atoms with Crippen LogP contribution in [0.3, 0.4) is 0 Å². The van der Waals surface area contributed by atoms with E-state index in [9.17, 15) is 4.79 Å². The van der Waals surface area contributed by atoms with Crippen molar-refractivity contribution in [3.05, 3.63) is 48.4 Å². The summed E-state index contributed by atoms with van der Waals surface area (Å²) in [5, 5.41) is 3.27. The van der Waals surface area contributed by atoms with Gasteiger partial charge < -0.3 is 14.6 Å². The number of amides is 1. The topological polar surface area (TPSA) is 45.5 Å². The van der Waals surface area contributed by atoms with Crippen molar-refractivity contribution in [3.63, 3.8) is 0 Å². The molecule has 0 saturated carbocycles. The van der Waals surface area contributed by atoms with Crippen LogP contribution in [0.5, 0.6) is 0 Å². The Balaban J connectivity index is 1.97. The zero-order chi connectivity index (χ0) is 12.4. The first-order valence-electron chi connectivity index (χ1n) is 6.00. The van der Waals surface area contributed by atoms with Crippen LogP contribution in [-0.2, 0) is 11.3 Å². The fourth-order valence-electron chi connectivity index (χ4n) is 2.16. The van der Waals surface area contributed by atoms with E-state index in [0.29, 0.717) is 19.5 Å². The Morgan fingerprint density at radius 1 is 1.22 bits per heavy atom. The molecule has 4 nitrogen and oxygen atoms in total. The first-order chi connectivity index (χ1) is 8.84. The molecule has 1 aliphatic rings. The van der Waals surface area contributed by atoms with Crippen molar-refractivity contribution in [2.24, 2.45) is 0 Å². The molecule has 2 aromatic rings. The first-order valence-corrected chi connectivity index (χ1v) is 6.00. The molecule has 0 radical (unpaired) electrons. The second kappa shape index (κ2) is 4.56. The Labute approximate surface area is 105 Å². The predicted molar refractivity (Wildman–Crippen MR) is 69.4 cm³/mol. The maximum atomic E-state index is 12.1. The molecular weight excluding hydrogens is 228 g/mol. The average molecular weight is 242 g/mol. The highest BCUT2D eigenvalue weighted by atomic mass is 16.3. The highest BCUT2D eigenvalue weighted by molar-refractivity contribution is 5.98. The summed E-state index contributed by atoms with van der Waals surface area (Å²) >= 11 is 0. The number of carbonyl (C=O) groups is 1. The van der Waals surface area contributed by atoms with Gasteiger partial charge in [-0.1, -0.05) is 12.1 Å². The third kappa shape index (κ3) is 1.97. The number of nitrogens with zero attached hydrogens (tertiary/aromatic N) is 1. The normalized spacial score (nSPS) is 14.9. The highest BCUT2D eigenvalue weighted by Crippen LogP contribution is 2.29. The SMILES string of the molecule is O=C1CCNc2ccccc2N1Cc1ccco1. The van der Waals surface area contributed by atoms with Gasteiger partial charge >= 0.3 is 0 Å². The van der Waals surface area contributed by atoms with Crippen molar-refractivity contribution in [1.29, 1.82) is 0 Å². The van der Waals surface area contributed by atoms with Crippen LogP contribution in [0.2, 0.25) is 0 Å². The Hall–Kier alpha value is -2.23. The van der Waals surface area contributed by atoms with Crippen LogP contribution in [0.1, 0.15) is 12.2 Å². The third-order valence-corrected chi connectivity index (χ3v) is 3.04. The smallest absolute Gasteiger partial charge is 0.229 e. The highest BCUT2D eigenvalue weighted by Gasteiger charge is 2.22. The standard InChI is InChI=1S/C14H14N2O2/c17-14-7-8-15-12-5-1-2-6-13(12)16(14)10-11-4-3-9-18-11/h1-6,9,15H,7-8,10H2. The quantitative estimate of drug-likeness (QED) is 0.880. The Bertz CT molecular complexity index is 549. The van der Waals surface area contributed by atoms with E-state index < -0.39 is 0 Å². The van der Waals surface area contributed by atoms with E-state index in [1.54, 1.807) is 11.2 Å². The minimum atomic E-state index is 0.115. The maximum absolute atomic E-state index is 12.1. The van der Waals surface area contributed by atoms with Gasteiger partial charge in [0.25, 0.3) is 0 Å². The van der Waals surface area contributed by atoms with Crippen molar-refractivity contribution in [2.75, 3.05) is 16.8 Å². The monoisotopic (exact) mass is 242 g/mol. The summed E-state index contributed by atoms with van der Waals surface area (Å²) in [6.07, 6.45) is 2.12. The molecule has 1 aromatic carbocycles. The first kappa shape index (κ1) is 10.9. The minimum Gasteiger partial charge on any atom is -0.467 e.